The number of rotatable bonds is 5. The molecule has 2 aromatic carbocycles. The van der Waals surface area contributed by atoms with E-state index >= 15 is 0 Å². The van der Waals surface area contributed by atoms with Crippen molar-refractivity contribution in [3.8, 4) is 15.6 Å². The number of anilines is 1. The molecular formula is C22H14N2O5S2. The summed E-state index contributed by atoms with van der Waals surface area (Å²) in [4.78, 5) is 42.1. The first-order valence-electron chi connectivity index (χ1n) is 9.29. The molecule has 4 aromatic rings. The van der Waals surface area contributed by atoms with E-state index in [0.717, 1.165) is 20.1 Å². The molecule has 0 spiro atoms. The van der Waals surface area contributed by atoms with Crippen LogP contribution < -0.4 is 10.1 Å². The number of esters is 1. The minimum absolute atomic E-state index is 0.0578. The highest BCUT2D eigenvalue weighted by Gasteiger charge is 2.20. The third kappa shape index (κ3) is 3.92. The molecule has 31 heavy (non-hydrogen) atoms. The molecule has 5 rings (SSSR count). The Bertz CT molecular complexity index is 1310. The first-order chi connectivity index (χ1) is 15.1. The number of nitrogens with one attached hydrogen (secondary N) is 1. The Morgan fingerprint density at radius 1 is 1.10 bits per heavy atom. The van der Waals surface area contributed by atoms with E-state index in [0.29, 0.717) is 21.9 Å². The summed E-state index contributed by atoms with van der Waals surface area (Å²) < 4.78 is 11.6. The van der Waals surface area contributed by atoms with Crippen molar-refractivity contribution in [1.82, 2.24) is 4.98 Å². The molecule has 1 amide bonds. The number of thiazole rings is 1. The van der Waals surface area contributed by atoms with E-state index in [2.05, 4.69) is 10.3 Å². The Morgan fingerprint density at radius 2 is 1.97 bits per heavy atom. The maximum absolute atomic E-state index is 12.4. The lowest BCUT2D eigenvalue weighted by Gasteiger charge is -2.18. The number of fused-ring (bicyclic) bond motifs is 2. The Kier molecular flexibility index (Phi) is 4.97. The predicted octanol–water partition coefficient (Wildman–Crippen LogP) is 4.40. The van der Waals surface area contributed by atoms with Crippen molar-refractivity contribution in [3.63, 3.8) is 0 Å². The van der Waals surface area contributed by atoms with Crippen LogP contribution in [0.1, 0.15) is 20.0 Å². The van der Waals surface area contributed by atoms with Gasteiger partial charge in [0, 0.05) is 5.56 Å². The fourth-order valence-corrected chi connectivity index (χ4v) is 5.00. The molecule has 2 aromatic heterocycles. The van der Waals surface area contributed by atoms with Gasteiger partial charge in [0.2, 0.25) is 0 Å². The van der Waals surface area contributed by atoms with E-state index < -0.39 is 12.6 Å². The lowest BCUT2D eigenvalue weighted by Crippen LogP contribution is -2.25. The highest BCUT2D eigenvalue weighted by molar-refractivity contribution is 7.26. The predicted molar refractivity (Wildman–Crippen MR) is 118 cm³/mol. The van der Waals surface area contributed by atoms with Crippen LogP contribution in [0.4, 0.5) is 5.69 Å². The molecule has 9 heteroatoms. The van der Waals surface area contributed by atoms with Crippen molar-refractivity contribution < 1.29 is 23.9 Å². The van der Waals surface area contributed by atoms with Gasteiger partial charge in [-0.05, 0) is 42.5 Å². The molecule has 0 saturated heterocycles. The summed E-state index contributed by atoms with van der Waals surface area (Å²) in [7, 11) is 0. The first-order valence-corrected chi connectivity index (χ1v) is 10.9. The number of Topliss-reactive ketones (excluding diaryl/α,β-unsaturated/α-hetero) is 1. The summed E-state index contributed by atoms with van der Waals surface area (Å²) in [6.45, 7) is -0.460. The van der Waals surface area contributed by atoms with Gasteiger partial charge in [0.25, 0.3) is 5.91 Å². The monoisotopic (exact) mass is 450 g/mol. The zero-order valence-electron chi connectivity index (χ0n) is 15.9. The van der Waals surface area contributed by atoms with Gasteiger partial charge in [-0.2, -0.15) is 0 Å². The molecule has 154 valence electrons. The van der Waals surface area contributed by atoms with Crippen LogP contribution in [0.5, 0.6) is 5.75 Å². The molecule has 1 aliphatic rings. The molecule has 0 unspecified atom stereocenters. The molecule has 0 saturated carbocycles. The van der Waals surface area contributed by atoms with Crippen LogP contribution in [0.25, 0.3) is 20.1 Å². The highest BCUT2D eigenvalue weighted by Crippen LogP contribution is 2.34. The number of hydrogen-bond donors (Lipinski definition) is 1. The van der Waals surface area contributed by atoms with Crippen molar-refractivity contribution in [2.75, 3.05) is 18.5 Å². The zero-order valence-corrected chi connectivity index (χ0v) is 17.5. The molecule has 0 atom stereocenters. The number of benzene rings is 2. The number of aromatic nitrogens is 1. The summed E-state index contributed by atoms with van der Waals surface area (Å²) >= 11 is 2.83. The number of thiophene rings is 1. The first kappa shape index (κ1) is 19.4. The quantitative estimate of drug-likeness (QED) is 0.358. The topological polar surface area (TPSA) is 94.6 Å². The summed E-state index contributed by atoms with van der Waals surface area (Å²) in [6.07, 6.45) is 0. The molecule has 0 bridgehead atoms. The van der Waals surface area contributed by atoms with E-state index in [9.17, 15) is 14.4 Å². The van der Waals surface area contributed by atoms with Crippen LogP contribution in [0.2, 0.25) is 0 Å². The number of amides is 1. The number of carbonyl (C=O) groups excluding carboxylic acids is 3. The van der Waals surface area contributed by atoms with Gasteiger partial charge in [-0.1, -0.05) is 12.1 Å². The summed E-state index contributed by atoms with van der Waals surface area (Å²) in [5.74, 6) is -0.738. The third-order valence-electron chi connectivity index (χ3n) is 4.58. The van der Waals surface area contributed by atoms with Gasteiger partial charge in [-0.3, -0.25) is 9.59 Å². The summed E-state index contributed by atoms with van der Waals surface area (Å²) in [6, 6.07) is 16.0. The Morgan fingerprint density at radius 3 is 2.84 bits per heavy atom. The van der Waals surface area contributed by atoms with Gasteiger partial charge in [0.1, 0.15) is 15.6 Å². The normalized spacial score (nSPS) is 12.7. The number of para-hydroxylation sites is 1. The standard InChI is InChI=1S/C22H14N2O5S2/c25-15(12-5-6-16-14(9-12)23-20(26)11-28-16)10-29-22(27)19-8-7-18(30-19)21-24-13-3-1-2-4-17(13)31-21/h1-9H,10-11H2,(H,23,26). The molecule has 1 N–H and O–H groups in total. The van der Waals surface area contributed by atoms with Crippen LogP contribution in [-0.4, -0.2) is 35.9 Å². The summed E-state index contributed by atoms with van der Waals surface area (Å²) in [5, 5.41) is 3.48. The second kappa shape index (κ2) is 7.93. The molecule has 1 aliphatic heterocycles. The number of ether oxygens (including phenoxy) is 2. The van der Waals surface area contributed by atoms with Crippen molar-refractivity contribution in [2.45, 2.75) is 0 Å². The maximum Gasteiger partial charge on any atom is 0.348 e. The Hall–Kier alpha value is -3.56. The maximum atomic E-state index is 12.4. The minimum atomic E-state index is -0.569. The fraction of sp³-hybridized carbons (Fsp3) is 0.0909. The Balaban J connectivity index is 1.25. The Labute approximate surface area is 184 Å². The van der Waals surface area contributed by atoms with Crippen molar-refractivity contribution >= 4 is 56.2 Å². The molecule has 0 aliphatic carbocycles. The van der Waals surface area contributed by atoms with Gasteiger partial charge in [-0.15, -0.1) is 22.7 Å². The van der Waals surface area contributed by atoms with Crippen LogP contribution >= 0.6 is 22.7 Å². The summed E-state index contributed by atoms with van der Waals surface area (Å²) in [5.41, 5.74) is 1.66. The molecule has 0 radical (unpaired) electrons. The van der Waals surface area contributed by atoms with Gasteiger partial charge >= 0.3 is 5.97 Å². The third-order valence-corrected chi connectivity index (χ3v) is 6.85. The van der Waals surface area contributed by atoms with Crippen LogP contribution in [0.3, 0.4) is 0 Å². The zero-order chi connectivity index (χ0) is 21.4. The highest BCUT2D eigenvalue weighted by atomic mass is 32.1. The number of hydrogen-bond acceptors (Lipinski definition) is 8. The number of nitrogens with zero attached hydrogens (tertiary/aromatic N) is 1. The molecule has 3 heterocycles. The average molecular weight is 450 g/mol. The number of ketones is 1. The van der Waals surface area contributed by atoms with E-state index in [1.54, 1.807) is 29.5 Å². The SMILES string of the molecule is O=C1COc2ccc(C(=O)COC(=O)c3ccc(-c4nc5ccccc5s4)s3)cc2N1. The molecular weight excluding hydrogens is 436 g/mol. The number of carbonyl (C=O) groups is 3. The van der Waals surface area contributed by atoms with Crippen molar-refractivity contribution in [3.05, 3.63) is 65.0 Å². The van der Waals surface area contributed by atoms with Gasteiger partial charge in [0.15, 0.2) is 19.0 Å². The van der Waals surface area contributed by atoms with E-state index in [4.69, 9.17) is 9.47 Å². The van der Waals surface area contributed by atoms with E-state index in [1.807, 2.05) is 30.3 Å². The largest absolute Gasteiger partial charge is 0.482 e. The van der Waals surface area contributed by atoms with Gasteiger partial charge < -0.3 is 14.8 Å². The lowest BCUT2D eigenvalue weighted by molar-refractivity contribution is -0.118. The van der Waals surface area contributed by atoms with E-state index in [-0.39, 0.29) is 18.3 Å². The van der Waals surface area contributed by atoms with Crippen LogP contribution in [0.15, 0.2) is 54.6 Å². The fourth-order valence-electron chi connectivity index (χ4n) is 3.08. The van der Waals surface area contributed by atoms with Crippen molar-refractivity contribution in [2.24, 2.45) is 0 Å². The lowest BCUT2D eigenvalue weighted by atomic mass is 10.1. The van der Waals surface area contributed by atoms with Crippen LogP contribution in [-0.2, 0) is 9.53 Å². The van der Waals surface area contributed by atoms with Crippen molar-refractivity contribution in [1.29, 1.82) is 0 Å². The second-order valence-electron chi connectivity index (χ2n) is 6.70. The second-order valence-corrected chi connectivity index (χ2v) is 8.81. The smallest absolute Gasteiger partial charge is 0.348 e. The molecule has 7 nitrogen and oxygen atoms in total. The average Bonchev–Trinajstić information content (AvgIpc) is 3.43. The minimum Gasteiger partial charge on any atom is -0.482 e. The van der Waals surface area contributed by atoms with E-state index in [1.165, 1.54) is 17.4 Å². The van der Waals surface area contributed by atoms with Gasteiger partial charge in [-0.25, -0.2) is 9.78 Å². The van der Waals surface area contributed by atoms with Crippen LogP contribution in [0, 0.1) is 0 Å². The molecule has 0 fully saturated rings. The van der Waals surface area contributed by atoms with Gasteiger partial charge in [0.05, 0.1) is 20.8 Å².